The quantitative estimate of drug-likeness (QED) is 0.390. The van der Waals surface area contributed by atoms with Gasteiger partial charge in [-0.3, -0.25) is 0 Å². The van der Waals surface area contributed by atoms with Crippen LogP contribution in [0.5, 0.6) is 0 Å². The third kappa shape index (κ3) is 2.11. The second-order valence-corrected chi connectivity index (χ2v) is 4.45. The van der Waals surface area contributed by atoms with Crippen molar-refractivity contribution in [3.05, 3.63) is 42.5 Å². The Morgan fingerprint density at radius 3 is 1.75 bits per heavy atom. The summed E-state index contributed by atoms with van der Waals surface area (Å²) in [5, 5.41) is 31.7. The van der Waals surface area contributed by atoms with Crippen molar-refractivity contribution in [2.75, 3.05) is 0 Å². The molecule has 0 spiro atoms. The molecule has 0 N–H and O–H groups in total. The molecule has 0 unspecified atom stereocenters. The number of nitro groups is 3. The molecule has 9 nitrogen and oxygen atoms in total. The molecular weight excluding hydrogens is 419 g/mol. The Kier molecular flexibility index (Phi) is 3.43. The maximum atomic E-state index is 10.6. The standard InChI is InChI=1S/C6H2N3O6.Bi/c10-7(11)4-2-1-3-5(8(12)13)6(4)9(14)15;/h1-2H;. The van der Waals surface area contributed by atoms with Crippen molar-refractivity contribution < 1.29 is 14.8 Å². The van der Waals surface area contributed by atoms with Crippen molar-refractivity contribution >= 4 is 45.1 Å². The van der Waals surface area contributed by atoms with E-state index in [1.54, 1.807) is 0 Å². The molecule has 0 bridgehead atoms. The van der Waals surface area contributed by atoms with Crippen molar-refractivity contribution in [2.24, 2.45) is 0 Å². The zero-order valence-electron chi connectivity index (χ0n) is 7.39. The Hall–Kier alpha value is -1.70. The Balaban J connectivity index is 3.70. The fraction of sp³-hybridized carbons (Fsp3) is 0. The molecule has 0 atom stereocenters. The maximum absolute atomic E-state index is 10.6. The first-order valence-electron chi connectivity index (χ1n) is 3.65. The van der Waals surface area contributed by atoms with Crippen molar-refractivity contribution in [1.82, 2.24) is 0 Å². The normalized spacial score (nSPS) is 9.81. The molecule has 0 aliphatic rings. The summed E-state index contributed by atoms with van der Waals surface area (Å²) in [6.45, 7) is 0. The van der Waals surface area contributed by atoms with Crippen LogP contribution in [0.15, 0.2) is 12.1 Å². The third-order valence-electron chi connectivity index (χ3n) is 1.67. The van der Waals surface area contributed by atoms with Crippen molar-refractivity contribution in [3.8, 4) is 0 Å². The van der Waals surface area contributed by atoms with E-state index in [4.69, 9.17) is 0 Å². The zero-order valence-corrected chi connectivity index (χ0v) is 10.9. The molecule has 0 aromatic heterocycles. The van der Waals surface area contributed by atoms with Crippen molar-refractivity contribution in [2.45, 2.75) is 0 Å². The number of hydrogen-bond acceptors (Lipinski definition) is 6. The Morgan fingerprint density at radius 1 is 0.875 bits per heavy atom. The van der Waals surface area contributed by atoms with E-state index in [-0.39, 0.29) is 3.27 Å². The van der Waals surface area contributed by atoms with Crippen molar-refractivity contribution in [3.63, 3.8) is 0 Å². The summed E-state index contributed by atoms with van der Waals surface area (Å²) in [6, 6.07) is 2.05. The van der Waals surface area contributed by atoms with Gasteiger partial charge < -0.3 is 0 Å². The van der Waals surface area contributed by atoms with Crippen LogP contribution in [0.3, 0.4) is 0 Å². The minimum absolute atomic E-state index is 0.113. The number of nitrogens with zero attached hydrogens (tertiary/aromatic N) is 3. The van der Waals surface area contributed by atoms with E-state index in [0.29, 0.717) is 24.7 Å². The van der Waals surface area contributed by atoms with Crippen LogP contribution in [0.1, 0.15) is 0 Å². The number of benzene rings is 1. The molecule has 16 heavy (non-hydrogen) atoms. The molecule has 2 radical (unpaired) electrons. The van der Waals surface area contributed by atoms with Crippen LogP contribution >= 0.6 is 0 Å². The minimum atomic E-state index is -1.10. The van der Waals surface area contributed by atoms with Crippen LogP contribution in [0.25, 0.3) is 0 Å². The third-order valence-corrected chi connectivity index (χ3v) is 3.07. The molecule has 1 rings (SSSR count). The SMILES string of the molecule is O=[N+]([O-])c1cc[c]([Bi])c([N+](=O)[O-])c1[N+](=O)[O-]. The van der Waals surface area contributed by atoms with Crippen LogP contribution in [0, 0.1) is 30.3 Å². The molecular formula is C6H2BiN3O6. The molecule has 0 aliphatic heterocycles. The first-order chi connectivity index (χ1) is 7.36. The molecule has 0 saturated heterocycles. The van der Waals surface area contributed by atoms with E-state index in [9.17, 15) is 30.3 Å². The summed E-state index contributed by atoms with van der Waals surface area (Å²) in [6.07, 6.45) is 0. The van der Waals surface area contributed by atoms with E-state index < -0.39 is 31.8 Å². The van der Waals surface area contributed by atoms with Gasteiger partial charge in [0.15, 0.2) is 0 Å². The van der Waals surface area contributed by atoms with E-state index in [2.05, 4.69) is 0 Å². The van der Waals surface area contributed by atoms with Gasteiger partial charge in [0.1, 0.15) is 0 Å². The van der Waals surface area contributed by atoms with Gasteiger partial charge in [-0.2, -0.15) is 0 Å². The van der Waals surface area contributed by atoms with Gasteiger partial charge in [-0.1, -0.05) is 0 Å². The predicted molar refractivity (Wildman–Crippen MR) is 51.8 cm³/mol. The molecule has 1 aromatic carbocycles. The van der Waals surface area contributed by atoms with Gasteiger partial charge in [-0.05, 0) is 0 Å². The van der Waals surface area contributed by atoms with E-state index in [1.807, 2.05) is 0 Å². The first-order valence-corrected chi connectivity index (χ1v) is 5.39. The molecule has 82 valence electrons. The predicted octanol–water partition coefficient (Wildman–Crippen LogP) is 0.205. The topological polar surface area (TPSA) is 129 Å². The van der Waals surface area contributed by atoms with E-state index >= 15 is 0 Å². The van der Waals surface area contributed by atoms with Gasteiger partial charge in [-0.25, -0.2) is 0 Å². The van der Waals surface area contributed by atoms with Gasteiger partial charge in [0.25, 0.3) is 0 Å². The fourth-order valence-corrected chi connectivity index (χ4v) is 2.08. The molecule has 10 heteroatoms. The van der Waals surface area contributed by atoms with Crippen LogP contribution in [0.4, 0.5) is 17.1 Å². The molecule has 0 saturated carbocycles. The first kappa shape index (κ1) is 12.4. The van der Waals surface area contributed by atoms with Crippen LogP contribution < -0.4 is 3.27 Å². The van der Waals surface area contributed by atoms with Crippen LogP contribution in [-0.2, 0) is 0 Å². The van der Waals surface area contributed by atoms with E-state index in [0.717, 1.165) is 12.1 Å². The van der Waals surface area contributed by atoms with Gasteiger partial charge in [0, 0.05) is 0 Å². The fourth-order valence-electron chi connectivity index (χ4n) is 1.07. The number of hydrogen-bond donors (Lipinski definition) is 0. The second kappa shape index (κ2) is 4.44. The summed E-state index contributed by atoms with van der Waals surface area (Å²) < 4.78 is 0.113. The van der Waals surface area contributed by atoms with Crippen LogP contribution in [-0.4, -0.2) is 39.5 Å². The Morgan fingerprint density at radius 2 is 1.38 bits per heavy atom. The second-order valence-electron chi connectivity index (χ2n) is 2.57. The summed E-state index contributed by atoms with van der Waals surface area (Å²) in [5.41, 5.74) is -2.73. The number of nitro benzene ring substituents is 3. The van der Waals surface area contributed by atoms with Gasteiger partial charge in [-0.15, -0.1) is 0 Å². The molecule has 0 heterocycles. The Bertz CT molecular complexity index is 501. The Labute approximate surface area is 102 Å². The van der Waals surface area contributed by atoms with Gasteiger partial charge in [0.2, 0.25) is 0 Å². The average Bonchev–Trinajstić information content (AvgIpc) is 2.15. The number of rotatable bonds is 3. The molecule has 0 fully saturated rings. The summed E-state index contributed by atoms with van der Waals surface area (Å²) >= 11 is 0.409. The van der Waals surface area contributed by atoms with Gasteiger partial charge >= 0.3 is 102 Å². The monoisotopic (exact) mass is 421 g/mol. The summed E-state index contributed by atoms with van der Waals surface area (Å²) in [5.74, 6) is 0. The van der Waals surface area contributed by atoms with Crippen molar-refractivity contribution in [1.29, 1.82) is 0 Å². The van der Waals surface area contributed by atoms with Crippen LogP contribution in [0.2, 0.25) is 0 Å². The average molecular weight is 421 g/mol. The van der Waals surface area contributed by atoms with E-state index in [1.165, 1.54) is 0 Å². The molecule has 0 amide bonds. The summed E-state index contributed by atoms with van der Waals surface area (Å²) in [4.78, 5) is 28.6. The molecule has 0 aliphatic carbocycles. The van der Waals surface area contributed by atoms with Gasteiger partial charge in [0.05, 0.1) is 0 Å². The molecule has 1 aromatic rings. The zero-order chi connectivity index (χ0) is 12.5. The summed E-state index contributed by atoms with van der Waals surface area (Å²) in [7, 11) is 0.